The number of rotatable bonds is 11. The van der Waals surface area contributed by atoms with E-state index in [0.717, 1.165) is 38.5 Å². The molecule has 0 fully saturated rings. The summed E-state index contributed by atoms with van der Waals surface area (Å²) in [5.41, 5.74) is 1.11. The number of hydrogen-bond acceptors (Lipinski definition) is 5. The number of aromatic hydroxyl groups is 3. The largest absolute Gasteiger partial charge is 0.504 e. The molecule has 0 saturated heterocycles. The van der Waals surface area contributed by atoms with Gasteiger partial charge in [0.15, 0.2) is 11.5 Å². The Balaban J connectivity index is 2.66. The van der Waals surface area contributed by atoms with Gasteiger partial charge in [0.1, 0.15) is 5.60 Å². The van der Waals surface area contributed by atoms with Crippen LogP contribution in [0.2, 0.25) is 0 Å². The molecule has 0 atom stereocenters. The zero-order chi connectivity index (χ0) is 20.7. The van der Waals surface area contributed by atoms with Crippen LogP contribution in [-0.2, 0) is 22.4 Å². The van der Waals surface area contributed by atoms with E-state index in [1.54, 1.807) is 6.07 Å². The first kappa shape index (κ1) is 23.1. The minimum Gasteiger partial charge on any atom is -0.504 e. The standard InChI is InChI=1S/C22H36O5/c1-21(2,3)12-8-6-10-16-14-17(19(25)20(26)18(16)24)11-7-9-13-22(4,5)27-15-23/h14-15,24-26H,6-13H2,1-5H3. The summed E-state index contributed by atoms with van der Waals surface area (Å²) in [4.78, 5) is 10.5. The van der Waals surface area contributed by atoms with Gasteiger partial charge >= 0.3 is 0 Å². The molecular formula is C22H36O5. The predicted octanol–water partition coefficient (Wildman–Crippen LogP) is 5.23. The van der Waals surface area contributed by atoms with Gasteiger partial charge < -0.3 is 20.1 Å². The second-order valence-corrected chi connectivity index (χ2v) is 9.19. The second-order valence-electron chi connectivity index (χ2n) is 9.19. The van der Waals surface area contributed by atoms with Crippen LogP contribution >= 0.6 is 0 Å². The van der Waals surface area contributed by atoms with Crippen molar-refractivity contribution in [2.75, 3.05) is 0 Å². The van der Waals surface area contributed by atoms with Crippen LogP contribution < -0.4 is 0 Å². The lowest BCUT2D eigenvalue weighted by Gasteiger charge is -2.22. The molecule has 27 heavy (non-hydrogen) atoms. The molecule has 0 saturated carbocycles. The van der Waals surface area contributed by atoms with E-state index in [1.807, 2.05) is 13.8 Å². The molecule has 5 heteroatoms. The van der Waals surface area contributed by atoms with Crippen molar-refractivity contribution in [1.29, 1.82) is 0 Å². The van der Waals surface area contributed by atoms with Crippen LogP contribution in [0.4, 0.5) is 0 Å². The second kappa shape index (κ2) is 9.86. The molecule has 0 amide bonds. The van der Waals surface area contributed by atoms with E-state index in [2.05, 4.69) is 20.8 Å². The molecule has 0 unspecified atom stereocenters. The maximum Gasteiger partial charge on any atom is 0.293 e. The van der Waals surface area contributed by atoms with Gasteiger partial charge in [0, 0.05) is 0 Å². The minimum atomic E-state index is -0.501. The van der Waals surface area contributed by atoms with Crippen molar-refractivity contribution in [2.45, 2.75) is 91.6 Å². The van der Waals surface area contributed by atoms with Crippen LogP contribution in [0.15, 0.2) is 6.07 Å². The lowest BCUT2D eigenvalue weighted by atomic mass is 9.89. The highest BCUT2D eigenvalue weighted by molar-refractivity contribution is 5.57. The Hall–Kier alpha value is -1.91. The number of carbonyl (C=O) groups excluding carboxylic acids is 1. The average molecular weight is 381 g/mol. The van der Waals surface area contributed by atoms with Crippen molar-refractivity contribution in [3.8, 4) is 17.2 Å². The molecule has 0 aromatic heterocycles. The Morgan fingerprint density at radius 3 is 1.74 bits per heavy atom. The van der Waals surface area contributed by atoms with Crippen molar-refractivity contribution >= 4 is 6.47 Å². The number of carbonyl (C=O) groups is 1. The molecule has 0 radical (unpaired) electrons. The molecule has 0 aliphatic rings. The predicted molar refractivity (Wildman–Crippen MR) is 107 cm³/mol. The van der Waals surface area contributed by atoms with Crippen LogP contribution in [0.5, 0.6) is 17.2 Å². The first-order valence-corrected chi connectivity index (χ1v) is 9.84. The number of phenols is 3. The highest BCUT2D eigenvalue weighted by Gasteiger charge is 2.19. The molecule has 0 aliphatic heterocycles. The number of phenolic OH excluding ortho intramolecular Hbond substituents is 3. The fourth-order valence-corrected chi connectivity index (χ4v) is 3.17. The molecule has 1 aromatic rings. The van der Waals surface area contributed by atoms with Crippen molar-refractivity contribution in [3.63, 3.8) is 0 Å². The smallest absolute Gasteiger partial charge is 0.293 e. The summed E-state index contributed by atoms with van der Waals surface area (Å²) in [6, 6.07) is 1.80. The van der Waals surface area contributed by atoms with Crippen molar-refractivity contribution in [2.24, 2.45) is 5.41 Å². The van der Waals surface area contributed by atoms with Gasteiger partial charge in [-0.3, -0.25) is 4.79 Å². The van der Waals surface area contributed by atoms with Crippen LogP contribution in [0.25, 0.3) is 0 Å². The third-order valence-corrected chi connectivity index (χ3v) is 4.87. The third-order valence-electron chi connectivity index (χ3n) is 4.87. The highest BCUT2D eigenvalue weighted by atomic mass is 16.5. The summed E-state index contributed by atoms with van der Waals surface area (Å²) in [6.07, 6.45) is 6.65. The molecule has 1 rings (SSSR count). The lowest BCUT2D eigenvalue weighted by Crippen LogP contribution is -2.23. The van der Waals surface area contributed by atoms with E-state index in [1.165, 1.54) is 0 Å². The van der Waals surface area contributed by atoms with Crippen LogP contribution in [-0.4, -0.2) is 27.4 Å². The molecule has 0 bridgehead atoms. The molecular weight excluding hydrogens is 344 g/mol. The van der Waals surface area contributed by atoms with E-state index in [9.17, 15) is 20.1 Å². The lowest BCUT2D eigenvalue weighted by molar-refractivity contribution is -0.140. The maximum absolute atomic E-state index is 10.5. The molecule has 0 aliphatic carbocycles. The number of aryl methyl sites for hydroxylation is 2. The number of unbranched alkanes of at least 4 members (excludes halogenated alkanes) is 2. The van der Waals surface area contributed by atoms with Crippen LogP contribution in [0.1, 0.15) is 84.3 Å². The Kier molecular flexibility index (Phi) is 8.45. The van der Waals surface area contributed by atoms with Gasteiger partial charge in [-0.2, -0.15) is 0 Å². The fraction of sp³-hybridized carbons (Fsp3) is 0.682. The van der Waals surface area contributed by atoms with Crippen LogP contribution in [0, 0.1) is 5.41 Å². The van der Waals surface area contributed by atoms with Crippen LogP contribution in [0.3, 0.4) is 0 Å². The third kappa shape index (κ3) is 8.10. The zero-order valence-electron chi connectivity index (χ0n) is 17.5. The van der Waals surface area contributed by atoms with E-state index >= 15 is 0 Å². The van der Waals surface area contributed by atoms with Crippen molar-refractivity contribution in [3.05, 3.63) is 17.2 Å². The number of benzene rings is 1. The van der Waals surface area contributed by atoms with E-state index in [-0.39, 0.29) is 16.9 Å². The quantitative estimate of drug-likeness (QED) is 0.278. The molecule has 1 aromatic carbocycles. The first-order valence-electron chi connectivity index (χ1n) is 9.84. The average Bonchev–Trinajstić information content (AvgIpc) is 2.55. The first-order chi connectivity index (χ1) is 12.5. The van der Waals surface area contributed by atoms with Crippen molar-refractivity contribution in [1.82, 2.24) is 0 Å². The summed E-state index contributed by atoms with van der Waals surface area (Å²) in [5, 5.41) is 30.3. The number of ether oxygens (including phenoxy) is 1. The summed E-state index contributed by atoms with van der Waals surface area (Å²) in [7, 11) is 0. The Morgan fingerprint density at radius 1 is 0.815 bits per heavy atom. The van der Waals surface area contributed by atoms with Gasteiger partial charge in [-0.15, -0.1) is 0 Å². The van der Waals surface area contributed by atoms with Gasteiger partial charge in [-0.1, -0.05) is 27.2 Å². The maximum atomic E-state index is 10.5. The van der Waals surface area contributed by atoms with Gasteiger partial charge in [0.25, 0.3) is 6.47 Å². The van der Waals surface area contributed by atoms with Gasteiger partial charge in [0.05, 0.1) is 0 Å². The fourth-order valence-electron chi connectivity index (χ4n) is 3.17. The monoisotopic (exact) mass is 380 g/mol. The van der Waals surface area contributed by atoms with Gasteiger partial charge in [-0.05, 0) is 81.4 Å². The molecule has 0 heterocycles. The molecule has 0 spiro atoms. The Labute approximate surface area is 163 Å². The topological polar surface area (TPSA) is 87.0 Å². The molecule has 5 nitrogen and oxygen atoms in total. The molecule has 3 N–H and O–H groups in total. The number of hydrogen-bond donors (Lipinski definition) is 3. The van der Waals surface area contributed by atoms with Gasteiger partial charge in [-0.25, -0.2) is 0 Å². The highest BCUT2D eigenvalue weighted by Crippen LogP contribution is 2.41. The van der Waals surface area contributed by atoms with E-state index in [4.69, 9.17) is 4.74 Å². The zero-order valence-corrected chi connectivity index (χ0v) is 17.5. The summed E-state index contributed by atoms with van der Waals surface area (Å²) in [6.45, 7) is 10.8. The Bertz CT molecular complexity index is 614. The molecule has 154 valence electrons. The minimum absolute atomic E-state index is 0.215. The van der Waals surface area contributed by atoms with E-state index < -0.39 is 11.4 Å². The summed E-state index contributed by atoms with van der Waals surface area (Å²) in [5.74, 6) is -0.884. The van der Waals surface area contributed by atoms with Crippen molar-refractivity contribution < 1.29 is 24.9 Å². The normalized spacial score (nSPS) is 12.2. The van der Waals surface area contributed by atoms with E-state index in [0.29, 0.717) is 30.4 Å². The SMILES string of the molecule is CC(C)(C)CCCCc1cc(CCCCC(C)(C)OC=O)c(O)c(O)c1O. The van der Waals surface area contributed by atoms with Gasteiger partial charge in [0.2, 0.25) is 5.75 Å². The summed E-state index contributed by atoms with van der Waals surface area (Å²) >= 11 is 0. The summed E-state index contributed by atoms with van der Waals surface area (Å²) < 4.78 is 5.04. The Morgan fingerprint density at radius 2 is 1.30 bits per heavy atom.